The van der Waals surface area contributed by atoms with Gasteiger partial charge in [-0.2, -0.15) is 20.5 Å². The molecule has 0 aliphatic carbocycles. The molecule has 0 aliphatic heterocycles. The Morgan fingerprint density at radius 2 is 2.46 bits per heavy atom. The van der Waals surface area contributed by atoms with E-state index in [2.05, 4.69) is 20.5 Å². The van der Waals surface area contributed by atoms with Gasteiger partial charge in [0.1, 0.15) is 5.69 Å². The minimum Gasteiger partial charge on any atom is -0.285 e. The highest BCUT2D eigenvalue weighted by molar-refractivity contribution is 6.06. The van der Waals surface area contributed by atoms with E-state index in [0.717, 1.165) is 0 Å². The molecule has 2 heterocycles. The van der Waals surface area contributed by atoms with Gasteiger partial charge in [-0.05, 0) is 6.07 Å². The molecule has 13 heavy (non-hydrogen) atoms. The second-order valence-electron chi connectivity index (χ2n) is 2.52. The molecule has 2 rings (SSSR count). The van der Waals surface area contributed by atoms with E-state index >= 15 is 0 Å². The average molecular weight is 177 g/mol. The summed E-state index contributed by atoms with van der Waals surface area (Å²) in [5.74, 6) is -0.186. The molecule has 0 atom stereocenters. The lowest BCUT2D eigenvalue weighted by Gasteiger charge is -1.95. The van der Waals surface area contributed by atoms with Gasteiger partial charge >= 0.3 is 0 Å². The van der Waals surface area contributed by atoms with Crippen LogP contribution in [-0.4, -0.2) is 31.0 Å². The Bertz CT molecular complexity index is 416. The van der Waals surface area contributed by atoms with Crippen LogP contribution in [0.4, 0.5) is 0 Å². The van der Waals surface area contributed by atoms with E-state index in [1.807, 2.05) is 0 Å². The van der Waals surface area contributed by atoms with E-state index in [9.17, 15) is 4.79 Å². The topological polar surface area (TPSA) is 76.5 Å². The SMILES string of the molecule is Cn1nccc1C(=O)c1cn[nH]n1. The van der Waals surface area contributed by atoms with Gasteiger partial charge in [0, 0.05) is 13.2 Å². The first-order valence-electron chi connectivity index (χ1n) is 3.67. The van der Waals surface area contributed by atoms with E-state index in [4.69, 9.17) is 0 Å². The summed E-state index contributed by atoms with van der Waals surface area (Å²) in [6.07, 6.45) is 2.95. The number of nitrogens with zero attached hydrogens (tertiary/aromatic N) is 4. The molecular weight excluding hydrogens is 170 g/mol. The highest BCUT2D eigenvalue weighted by Crippen LogP contribution is 2.03. The van der Waals surface area contributed by atoms with Crippen molar-refractivity contribution >= 4 is 5.78 Å². The Labute approximate surface area is 73.6 Å². The first-order valence-corrected chi connectivity index (χ1v) is 3.67. The Morgan fingerprint density at radius 1 is 1.62 bits per heavy atom. The van der Waals surface area contributed by atoms with Crippen LogP contribution in [-0.2, 0) is 7.05 Å². The molecule has 0 aromatic carbocycles. The summed E-state index contributed by atoms with van der Waals surface area (Å²) < 4.78 is 1.50. The number of carbonyl (C=O) groups is 1. The number of hydrogen-bond donors (Lipinski definition) is 1. The van der Waals surface area contributed by atoms with Crippen LogP contribution in [0.2, 0.25) is 0 Å². The quantitative estimate of drug-likeness (QED) is 0.643. The number of hydrogen-bond acceptors (Lipinski definition) is 4. The lowest BCUT2D eigenvalue weighted by Crippen LogP contribution is -2.08. The van der Waals surface area contributed by atoms with Gasteiger partial charge in [0.2, 0.25) is 5.78 Å². The summed E-state index contributed by atoms with van der Waals surface area (Å²) in [5, 5.41) is 13.5. The number of carbonyl (C=O) groups excluding carboxylic acids is 1. The number of aromatic amines is 1. The Balaban J connectivity index is 2.39. The van der Waals surface area contributed by atoms with Crippen LogP contribution < -0.4 is 0 Å². The zero-order chi connectivity index (χ0) is 9.26. The molecule has 0 spiro atoms. The summed E-state index contributed by atoms with van der Waals surface area (Å²) in [4.78, 5) is 11.6. The van der Waals surface area contributed by atoms with Crippen molar-refractivity contribution in [2.24, 2.45) is 7.05 Å². The van der Waals surface area contributed by atoms with Crippen molar-refractivity contribution in [3.8, 4) is 0 Å². The van der Waals surface area contributed by atoms with Crippen LogP contribution in [0, 0.1) is 0 Å². The molecule has 0 saturated carbocycles. The lowest BCUT2D eigenvalue weighted by molar-refractivity contribution is 0.102. The fraction of sp³-hybridized carbons (Fsp3) is 0.143. The molecule has 1 N–H and O–H groups in total. The summed E-state index contributed by atoms with van der Waals surface area (Å²) >= 11 is 0. The number of rotatable bonds is 2. The van der Waals surface area contributed by atoms with Gasteiger partial charge in [-0.1, -0.05) is 0 Å². The molecule has 0 aliphatic rings. The molecule has 2 aromatic rings. The van der Waals surface area contributed by atoms with Crippen molar-refractivity contribution in [2.75, 3.05) is 0 Å². The first kappa shape index (κ1) is 7.66. The third-order valence-electron chi connectivity index (χ3n) is 1.70. The highest BCUT2D eigenvalue weighted by Gasteiger charge is 2.14. The molecular formula is C7H7N5O. The van der Waals surface area contributed by atoms with Crippen molar-refractivity contribution < 1.29 is 4.79 Å². The average Bonchev–Trinajstić information content (AvgIpc) is 2.72. The number of nitrogens with one attached hydrogen (secondary N) is 1. The van der Waals surface area contributed by atoms with E-state index < -0.39 is 0 Å². The fourth-order valence-electron chi connectivity index (χ4n) is 1.04. The molecule has 2 aromatic heterocycles. The van der Waals surface area contributed by atoms with Crippen LogP contribution in [0.5, 0.6) is 0 Å². The number of aromatic nitrogens is 5. The van der Waals surface area contributed by atoms with Crippen molar-refractivity contribution in [3.05, 3.63) is 29.8 Å². The molecule has 0 unspecified atom stereocenters. The maximum absolute atomic E-state index is 11.6. The summed E-state index contributed by atoms with van der Waals surface area (Å²) in [6.45, 7) is 0. The van der Waals surface area contributed by atoms with Gasteiger partial charge in [0.05, 0.1) is 6.20 Å². The van der Waals surface area contributed by atoms with E-state index in [0.29, 0.717) is 11.4 Å². The third kappa shape index (κ3) is 1.22. The fourth-order valence-corrected chi connectivity index (χ4v) is 1.04. The van der Waals surface area contributed by atoms with Crippen molar-refractivity contribution in [3.63, 3.8) is 0 Å². The maximum Gasteiger partial charge on any atom is 0.232 e. The van der Waals surface area contributed by atoms with Crippen LogP contribution in [0.15, 0.2) is 18.5 Å². The van der Waals surface area contributed by atoms with Crippen LogP contribution >= 0.6 is 0 Å². The van der Waals surface area contributed by atoms with Gasteiger partial charge in [-0.25, -0.2) is 0 Å². The zero-order valence-corrected chi connectivity index (χ0v) is 6.93. The van der Waals surface area contributed by atoms with Crippen molar-refractivity contribution in [2.45, 2.75) is 0 Å². The Morgan fingerprint density at radius 3 is 3.00 bits per heavy atom. The predicted octanol–water partition coefficient (Wildman–Crippen LogP) is -0.231. The van der Waals surface area contributed by atoms with E-state index in [1.54, 1.807) is 19.3 Å². The molecule has 6 nitrogen and oxygen atoms in total. The highest BCUT2D eigenvalue weighted by atomic mass is 16.1. The van der Waals surface area contributed by atoms with Crippen molar-refractivity contribution in [1.29, 1.82) is 0 Å². The summed E-state index contributed by atoms with van der Waals surface area (Å²) in [5.41, 5.74) is 0.789. The van der Waals surface area contributed by atoms with Gasteiger partial charge in [-0.3, -0.25) is 9.48 Å². The van der Waals surface area contributed by atoms with Crippen LogP contribution in [0.1, 0.15) is 16.2 Å². The Hall–Kier alpha value is -1.98. The minimum absolute atomic E-state index is 0.186. The van der Waals surface area contributed by atoms with Gasteiger partial charge in [0.15, 0.2) is 5.69 Å². The molecule has 66 valence electrons. The molecule has 0 amide bonds. The third-order valence-corrected chi connectivity index (χ3v) is 1.70. The number of ketones is 1. The molecule has 0 saturated heterocycles. The van der Waals surface area contributed by atoms with Gasteiger partial charge in [-0.15, -0.1) is 0 Å². The summed E-state index contributed by atoms with van der Waals surface area (Å²) in [6, 6.07) is 1.64. The maximum atomic E-state index is 11.6. The summed E-state index contributed by atoms with van der Waals surface area (Å²) in [7, 11) is 1.70. The normalized spacial score (nSPS) is 10.2. The van der Waals surface area contributed by atoms with Crippen LogP contribution in [0.25, 0.3) is 0 Å². The van der Waals surface area contributed by atoms with Crippen molar-refractivity contribution in [1.82, 2.24) is 25.2 Å². The molecule has 6 heteroatoms. The standard InChI is InChI=1S/C7H7N5O/c1-12-6(2-3-9-12)7(13)5-4-8-11-10-5/h2-4H,1H3,(H,8,10,11). The van der Waals surface area contributed by atoms with Gasteiger partial charge in [0.25, 0.3) is 0 Å². The second kappa shape index (κ2) is 2.81. The smallest absolute Gasteiger partial charge is 0.232 e. The predicted molar refractivity (Wildman–Crippen MR) is 43.0 cm³/mol. The molecule has 0 radical (unpaired) electrons. The van der Waals surface area contributed by atoms with E-state index in [-0.39, 0.29) is 5.78 Å². The van der Waals surface area contributed by atoms with Crippen LogP contribution in [0.3, 0.4) is 0 Å². The second-order valence-corrected chi connectivity index (χ2v) is 2.52. The monoisotopic (exact) mass is 177 g/mol. The number of aryl methyl sites for hydroxylation is 1. The van der Waals surface area contributed by atoms with Gasteiger partial charge < -0.3 is 0 Å². The minimum atomic E-state index is -0.186. The Kier molecular flexibility index (Phi) is 1.66. The molecule has 0 bridgehead atoms. The largest absolute Gasteiger partial charge is 0.285 e. The molecule has 0 fully saturated rings. The first-order chi connectivity index (χ1) is 6.29. The lowest BCUT2D eigenvalue weighted by atomic mass is 10.2. The number of H-pyrrole nitrogens is 1. The van der Waals surface area contributed by atoms with E-state index in [1.165, 1.54) is 10.9 Å². The zero-order valence-electron chi connectivity index (χ0n) is 6.93.